The lowest BCUT2D eigenvalue weighted by Gasteiger charge is -2.31. The van der Waals surface area contributed by atoms with Crippen molar-refractivity contribution in [3.05, 3.63) is 51.3 Å². The number of hydrogen-bond acceptors (Lipinski definition) is 8. The van der Waals surface area contributed by atoms with Crippen LogP contribution in [0, 0.1) is 24.0 Å². The number of rotatable bonds is 4. The third-order valence-corrected chi connectivity index (χ3v) is 7.26. The molecule has 0 saturated carbocycles. The Labute approximate surface area is 174 Å². The molecular formula is C20H24N2O7P+. The van der Waals surface area contributed by atoms with Crippen molar-refractivity contribution < 1.29 is 28.4 Å². The zero-order valence-corrected chi connectivity index (χ0v) is 18.3. The van der Waals surface area contributed by atoms with Crippen molar-refractivity contribution in [2.24, 2.45) is 0 Å². The van der Waals surface area contributed by atoms with Gasteiger partial charge >= 0.3 is 13.9 Å². The van der Waals surface area contributed by atoms with Gasteiger partial charge in [0.05, 0.1) is 34.5 Å². The standard InChI is InChI=1S/C20H24N2O7P/c1-11-9-12(2)29-30(26,28-11)19-14(4)21-13(3)17(20(23)27-5)18(19)15-7-6-8-16(10-15)22(24)25/h6-8,10-12,26H,9H2,1-5H3/q+1. The van der Waals surface area contributed by atoms with Crippen LogP contribution in [0.1, 0.15) is 42.0 Å². The number of methoxy groups -OCH3 is 1. The lowest BCUT2D eigenvalue weighted by atomic mass is 9.97. The fourth-order valence-corrected chi connectivity index (χ4v) is 6.16. The second-order valence-corrected chi connectivity index (χ2v) is 9.18. The predicted molar refractivity (Wildman–Crippen MR) is 112 cm³/mol. The molecule has 2 aromatic rings. The second kappa shape index (κ2) is 8.35. The fraction of sp³-hybridized carbons (Fsp3) is 0.400. The van der Waals surface area contributed by atoms with Gasteiger partial charge in [-0.05, 0) is 33.3 Å². The van der Waals surface area contributed by atoms with Crippen LogP contribution >= 0.6 is 7.94 Å². The van der Waals surface area contributed by atoms with Gasteiger partial charge in [0.15, 0.2) is 0 Å². The van der Waals surface area contributed by atoms with Gasteiger partial charge in [0.25, 0.3) is 5.69 Å². The predicted octanol–water partition coefficient (Wildman–Crippen LogP) is 3.65. The molecule has 0 radical (unpaired) electrons. The molecule has 3 rings (SSSR count). The van der Waals surface area contributed by atoms with E-state index in [2.05, 4.69) is 4.98 Å². The highest BCUT2D eigenvalue weighted by atomic mass is 31.2. The number of aromatic nitrogens is 1. The van der Waals surface area contributed by atoms with E-state index in [-0.39, 0.29) is 34.3 Å². The Morgan fingerprint density at radius 3 is 2.47 bits per heavy atom. The minimum absolute atomic E-state index is 0.102. The molecule has 0 bridgehead atoms. The zero-order chi connectivity index (χ0) is 22.2. The molecule has 1 aromatic carbocycles. The molecule has 0 aliphatic carbocycles. The molecule has 2 unspecified atom stereocenters. The maximum atomic E-state index is 12.7. The maximum Gasteiger partial charge on any atom is 0.449 e. The van der Waals surface area contributed by atoms with Crippen LogP contribution in [0.3, 0.4) is 0 Å². The number of nitrogens with zero attached hydrogens (tertiary/aromatic N) is 2. The Morgan fingerprint density at radius 2 is 1.90 bits per heavy atom. The molecule has 1 aliphatic rings. The van der Waals surface area contributed by atoms with Crippen molar-refractivity contribution in [3.8, 4) is 11.1 Å². The fourth-order valence-electron chi connectivity index (χ4n) is 3.77. The lowest BCUT2D eigenvalue weighted by molar-refractivity contribution is -0.384. The average Bonchev–Trinajstić information content (AvgIpc) is 2.65. The highest BCUT2D eigenvalue weighted by molar-refractivity contribution is 7.69. The molecule has 1 fully saturated rings. The summed E-state index contributed by atoms with van der Waals surface area (Å²) in [6.07, 6.45) is 0.0241. The van der Waals surface area contributed by atoms with Crippen LogP contribution in [0.15, 0.2) is 24.3 Å². The van der Waals surface area contributed by atoms with E-state index in [0.717, 1.165) is 0 Å². The second-order valence-electron chi connectivity index (χ2n) is 7.27. The number of hydrogen-bond donors (Lipinski definition) is 1. The summed E-state index contributed by atoms with van der Waals surface area (Å²) in [5, 5.41) is 11.6. The van der Waals surface area contributed by atoms with E-state index in [1.165, 1.54) is 25.3 Å². The monoisotopic (exact) mass is 435 g/mol. The quantitative estimate of drug-likeness (QED) is 0.334. The first-order chi connectivity index (χ1) is 14.1. The summed E-state index contributed by atoms with van der Waals surface area (Å²) in [5.41, 5.74) is 1.37. The van der Waals surface area contributed by atoms with Crippen LogP contribution in [0.4, 0.5) is 5.69 Å². The zero-order valence-electron chi connectivity index (χ0n) is 17.4. The van der Waals surface area contributed by atoms with Gasteiger partial charge in [-0.15, -0.1) is 0 Å². The molecular weight excluding hydrogens is 411 g/mol. The van der Waals surface area contributed by atoms with Crippen molar-refractivity contribution in [1.82, 2.24) is 4.98 Å². The largest absolute Gasteiger partial charge is 0.465 e. The van der Waals surface area contributed by atoms with Crippen LogP contribution in [-0.2, 0) is 13.8 Å². The first-order valence-corrected chi connectivity index (χ1v) is 11.0. The molecule has 30 heavy (non-hydrogen) atoms. The lowest BCUT2D eigenvalue weighted by Crippen LogP contribution is -2.34. The van der Waals surface area contributed by atoms with Gasteiger partial charge in [-0.2, -0.15) is 13.9 Å². The molecule has 0 spiro atoms. The SMILES string of the molecule is COC(=O)c1c(C)nc(C)c([P+]2(O)OC(C)CC(C)O2)c1-c1cccc([N+](=O)[O-])c1. The van der Waals surface area contributed by atoms with Crippen LogP contribution in [0.25, 0.3) is 11.1 Å². The van der Waals surface area contributed by atoms with Crippen LogP contribution < -0.4 is 5.30 Å². The Kier molecular flexibility index (Phi) is 6.19. The normalized spacial score (nSPS) is 23.8. The summed E-state index contributed by atoms with van der Waals surface area (Å²) in [4.78, 5) is 39.4. The molecule has 2 atom stereocenters. The summed E-state index contributed by atoms with van der Waals surface area (Å²) in [6, 6.07) is 5.83. The van der Waals surface area contributed by atoms with E-state index >= 15 is 0 Å². The number of carbonyl (C=O) groups excluding carboxylic acids is 1. The Hall–Kier alpha value is -2.45. The van der Waals surface area contributed by atoms with Gasteiger partial charge in [0, 0.05) is 18.6 Å². The molecule has 1 aliphatic heterocycles. The Bertz CT molecular complexity index is 1000. The number of ether oxygens (including phenoxy) is 1. The number of non-ortho nitro benzene ring substituents is 1. The summed E-state index contributed by atoms with van der Waals surface area (Å²) < 4.78 is 16.7. The van der Waals surface area contributed by atoms with E-state index in [0.29, 0.717) is 23.4 Å². The molecule has 1 saturated heterocycles. The number of benzene rings is 1. The van der Waals surface area contributed by atoms with Crippen molar-refractivity contribution in [2.75, 3.05) is 7.11 Å². The van der Waals surface area contributed by atoms with Gasteiger partial charge in [-0.25, -0.2) is 4.79 Å². The van der Waals surface area contributed by atoms with Gasteiger partial charge < -0.3 is 4.74 Å². The van der Waals surface area contributed by atoms with Crippen LogP contribution in [-0.4, -0.2) is 40.1 Å². The molecule has 0 amide bonds. The minimum atomic E-state index is -3.64. The molecule has 10 heteroatoms. The van der Waals surface area contributed by atoms with E-state index in [9.17, 15) is 19.8 Å². The van der Waals surface area contributed by atoms with Crippen molar-refractivity contribution in [2.45, 2.75) is 46.3 Å². The number of esters is 1. The van der Waals surface area contributed by atoms with E-state index < -0.39 is 18.8 Å². The van der Waals surface area contributed by atoms with Gasteiger partial charge in [-0.3, -0.25) is 15.1 Å². The van der Waals surface area contributed by atoms with Gasteiger partial charge in [0.2, 0.25) is 5.30 Å². The number of nitro benzene ring substituents is 1. The number of nitro groups is 1. The first-order valence-electron chi connectivity index (χ1n) is 9.41. The van der Waals surface area contributed by atoms with Crippen molar-refractivity contribution in [1.29, 1.82) is 0 Å². The Balaban J connectivity index is 2.39. The topological polar surface area (TPSA) is 121 Å². The smallest absolute Gasteiger partial charge is 0.449 e. The number of pyridine rings is 1. The average molecular weight is 435 g/mol. The summed E-state index contributed by atoms with van der Waals surface area (Å²) >= 11 is 0. The summed E-state index contributed by atoms with van der Waals surface area (Å²) in [7, 11) is -2.41. The first kappa shape index (κ1) is 22.2. The van der Waals surface area contributed by atoms with Crippen LogP contribution in [0.2, 0.25) is 0 Å². The van der Waals surface area contributed by atoms with E-state index in [1.807, 2.05) is 13.8 Å². The van der Waals surface area contributed by atoms with Gasteiger partial charge in [-0.1, -0.05) is 12.1 Å². The molecule has 2 heterocycles. The summed E-state index contributed by atoms with van der Waals surface area (Å²) in [6.45, 7) is 6.98. The van der Waals surface area contributed by atoms with Crippen molar-refractivity contribution >= 4 is 24.9 Å². The van der Waals surface area contributed by atoms with Gasteiger partial charge in [0.1, 0.15) is 12.2 Å². The Morgan fingerprint density at radius 1 is 1.27 bits per heavy atom. The highest BCUT2D eigenvalue weighted by Crippen LogP contribution is 2.62. The summed E-state index contributed by atoms with van der Waals surface area (Å²) in [5.74, 6) is -0.674. The maximum absolute atomic E-state index is 12.7. The number of aryl methyl sites for hydroxylation is 2. The van der Waals surface area contributed by atoms with E-state index in [1.54, 1.807) is 19.9 Å². The molecule has 1 N–H and O–H groups in total. The van der Waals surface area contributed by atoms with Crippen LogP contribution in [0.5, 0.6) is 0 Å². The molecule has 1 aromatic heterocycles. The highest BCUT2D eigenvalue weighted by Gasteiger charge is 2.55. The minimum Gasteiger partial charge on any atom is -0.465 e. The van der Waals surface area contributed by atoms with Crippen molar-refractivity contribution in [3.63, 3.8) is 0 Å². The number of carbonyl (C=O) groups is 1. The molecule has 9 nitrogen and oxygen atoms in total. The third-order valence-electron chi connectivity index (χ3n) is 4.85. The van der Waals surface area contributed by atoms with E-state index in [4.69, 9.17) is 13.8 Å². The third kappa shape index (κ3) is 4.06. The molecule has 160 valence electrons.